The maximum Gasteiger partial charge on any atom is 0.261 e. The van der Waals surface area contributed by atoms with Gasteiger partial charge in [0.15, 0.2) is 5.82 Å². The van der Waals surface area contributed by atoms with Crippen molar-refractivity contribution in [3.8, 4) is 0 Å². The van der Waals surface area contributed by atoms with Gasteiger partial charge in [0.25, 0.3) is 10.0 Å². The van der Waals surface area contributed by atoms with Crippen molar-refractivity contribution in [1.29, 1.82) is 0 Å². The maximum atomic E-state index is 13.4. The van der Waals surface area contributed by atoms with Crippen molar-refractivity contribution in [3.63, 3.8) is 0 Å². The van der Waals surface area contributed by atoms with Crippen molar-refractivity contribution < 1.29 is 21.6 Å². The fourth-order valence-electron chi connectivity index (χ4n) is 1.72. The van der Waals surface area contributed by atoms with Crippen LogP contribution in [-0.2, 0) is 16.4 Å². The standard InChI is InChI=1S/C13H11F3N2O2S/c14-10-6-9(7-11(15)8-10)3-5-18-21(19,20)13-12(16)2-1-4-17-13/h1-2,4,6-8,18H,3,5H2. The Hall–Kier alpha value is -1.93. The molecule has 0 saturated heterocycles. The summed E-state index contributed by atoms with van der Waals surface area (Å²) in [6.45, 7) is -0.138. The number of aromatic nitrogens is 1. The number of hydrogen-bond donors (Lipinski definition) is 1. The van der Waals surface area contributed by atoms with E-state index >= 15 is 0 Å². The van der Waals surface area contributed by atoms with E-state index in [4.69, 9.17) is 0 Å². The second-order valence-corrected chi connectivity index (χ2v) is 5.90. The fourth-order valence-corrected chi connectivity index (χ4v) is 2.75. The van der Waals surface area contributed by atoms with Gasteiger partial charge in [0.1, 0.15) is 11.6 Å². The van der Waals surface area contributed by atoms with Gasteiger partial charge >= 0.3 is 0 Å². The van der Waals surface area contributed by atoms with E-state index in [1.807, 2.05) is 0 Å². The molecular weight excluding hydrogens is 305 g/mol. The smallest absolute Gasteiger partial charge is 0.241 e. The molecular formula is C13H11F3N2O2S. The van der Waals surface area contributed by atoms with Gasteiger partial charge in [-0.3, -0.25) is 0 Å². The highest BCUT2D eigenvalue weighted by molar-refractivity contribution is 7.89. The Morgan fingerprint density at radius 1 is 1.10 bits per heavy atom. The lowest BCUT2D eigenvalue weighted by Crippen LogP contribution is -2.27. The summed E-state index contributed by atoms with van der Waals surface area (Å²) in [7, 11) is -4.10. The molecule has 0 aliphatic rings. The first kappa shape index (κ1) is 15.5. The number of benzene rings is 1. The second kappa shape index (κ2) is 6.23. The van der Waals surface area contributed by atoms with Crippen LogP contribution in [-0.4, -0.2) is 19.9 Å². The molecule has 0 bridgehead atoms. The average Bonchev–Trinajstić information content (AvgIpc) is 2.37. The molecule has 0 saturated carbocycles. The van der Waals surface area contributed by atoms with Gasteiger partial charge in [-0.2, -0.15) is 0 Å². The third-order valence-electron chi connectivity index (χ3n) is 2.61. The number of sulfonamides is 1. The third kappa shape index (κ3) is 4.02. The van der Waals surface area contributed by atoms with E-state index in [1.165, 1.54) is 6.07 Å². The molecule has 0 radical (unpaired) electrons. The van der Waals surface area contributed by atoms with Gasteiger partial charge in [-0.05, 0) is 36.2 Å². The molecule has 2 rings (SSSR count). The van der Waals surface area contributed by atoms with Gasteiger partial charge in [0, 0.05) is 18.8 Å². The molecule has 1 N–H and O–H groups in total. The largest absolute Gasteiger partial charge is 0.261 e. The van der Waals surface area contributed by atoms with E-state index < -0.39 is 32.5 Å². The van der Waals surface area contributed by atoms with Crippen LogP contribution in [0.2, 0.25) is 0 Å². The summed E-state index contributed by atoms with van der Waals surface area (Å²) in [4.78, 5) is 3.46. The highest BCUT2D eigenvalue weighted by Crippen LogP contribution is 2.11. The minimum Gasteiger partial charge on any atom is -0.241 e. The SMILES string of the molecule is O=S(=O)(NCCc1cc(F)cc(F)c1)c1ncccc1F. The van der Waals surface area contributed by atoms with E-state index in [1.54, 1.807) is 0 Å². The first-order valence-electron chi connectivity index (χ1n) is 5.93. The van der Waals surface area contributed by atoms with Crippen molar-refractivity contribution >= 4 is 10.0 Å². The zero-order valence-electron chi connectivity index (χ0n) is 10.7. The lowest BCUT2D eigenvalue weighted by atomic mass is 10.1. The highest BCUT2D eigenvalue weighted by atomic mass is 32.2. The quantitative estimate of drug-likeness (QED) is 0.918. The molecule has 1 aromatic carbocycles. The molecule has 2 aromatic rings. The number of rotatable bonds is 5. The van der Waals surface area contributed by atoms with E-state index in [0.717, 1.165) is 30.5 Å². The van der Waals surface area contributed by atoms with E-state index in [-0.39, 0.29) is 18.5 Å². The first-order chi connectivity index (χ1) is 9.88. The van der Waals surface area contributed by atoms with Gasteiger partial charge in [0.05, 0.1) is 0 Å². The summed E-state index contributed by atoms with van der Waals surface area (Å²) < 4.78 is 65.1. The lowest BCUT2D eigenvalue weighted by Gasteiger charge is -2.07. The molecule has 0 amide bonds. The topological polar surface area (TPSA) is 59.1 Å². The van der Waals surface area contributed by atoms with Crippen LogP contribution in [0.3, 0.4) is 0 Å². The molecule has 0 aliphatic carbocycles. The van der Waals surface area contributed by atoms with Gasteiger partial charge in [-0.25, -0.2) is 31.3 Å². The van der Waals surface area contributed by atoms with Crippen molar-refractivity contribution in [3.05, 3.63) is 59.5 Å². The molecule has 0 unspecified atom stereocenters. The molecule has 1 heterocycles. The van der Waals surface area contributed by atoms with Gasteiger partial charge in [-0.1, -0.05) is 0 Å². The Labute approximate surface area is 119 Å². The molecule has 8 heteroatoms. The minimum absolute atomic E-state index is 0.0579. The molecule has 1 aromatic heterocycles. The number of nitrogens with zero attached hydrogens (tertiary/aromatic N) is 1. The molecule has 0 aliphatic heterocycles. The highest BCUT2D eigenvalue weighted by Gasteiger charge is 2.19. The number of nitrogens with one attached hydrogen (secondary N) is 1. The predicted molar refractivity (Wildman–Crippen MR) is 69.4 cm³/mol. The number of hydrogen-bond acceptors (Lipinski definition) is 3. The van der Waals surface area contributed by atoms with Crippen molar-refractivity contribution in [2.75, 3.05) is 6.54 Å². The van der Waals surface area contributed by atoms with Crippen LogP contribution < -0.4 is 4.72 Å². The van der Waals surface area contributed by atoms with Crippen LogP contribution in [0.4, 0.5) is 13.2 Å². The van der Waals surface area contributed by atoms with Crippen LogP contribution in [0.25, 0.3) is 0 Å². The first-order valence-corrected chi connectivity index (χ1v) is 7.42. The third-order valence-corrected chi connectivity index (χ3v) is 4.00. The van der Waals surface area contributed by atoms with Gasteiger partial charge < -0.3 is 0 Å². The number of pyridine rings is 1. The minimum atomic E-state index is -4.10. The van der Waals surface area contributed by atoms with Crippen molar-refractivity contribution in [2.45, 2.75) is 11.4 Å². The number of halogens is 3. The van der Waals surface area contributed by atoms with Crippen LogP contribution in [0.1, 0.15) is 5.56 Å². The van der Waals surface area contributed by atoms with Crippen molar-refractivity contribution in [1.82, 2.24) is 9.71 Å². The van der Waals surface area contributed by atoms with E-state index in [2.05, 4.69) is 9.71 Å². The lowest BCUT2D eigenvalue weighted by molar-refractivity contribution is 0.544. The van der Waals surface area contributed by atoms with E-state index in [0.29, 0.717) is 0 Å². The Kier molecular flexibility index (Phi) is 4.59. The summed E-state index contributed by atoms with van der Waals surface area (Å²) in [6.07, 6.45) is 1.21. The van der Waals surface area contributed by atoms with Crippen LogP contribution in [0.15, 0.2) is 41.6 Å². The van der Waals surface area contributed by atoms with Crippen LogP contribution in [0.5, 0.6) is 0 Å². The van der Waals surface area contributed by atoms with Crippen LogP contribution >= 0.6 is 0 Å². The van der Waals surface area contributed by atoms with Gasteiger partial charge in [-0.15, -0.1) is 0 Å². The zero-order valence-corrected chi connectivity index (χ0v) is 11.5. The normalized spacial score (nSPS) is 11.6. The molecule has 0 fully saturated rings. The Morgan fingerprint density at radius 3 is 2.38 bits per heavy atom. The summed E-state index contributed by atoms with van der Waals surface area (Å²) in [5, 5.41) is -0.713. The summed E-state index contributed by atoms with van der Waals surface area (Å²) >= 11 is 0. The predicted octanol–water partition coefficient (Wildman–Crippen LogP) is 2.02. The zero-order chi connectivity index (χ0) is 15.5. The van der Waals surface area contributed by atoms with Crippen LogP contribution in [0, 0.1) is 17.5 Å². The van der Waals surface area contributed by atoms with Gasteiger partial charge in [0.2, 0.25) is 5.03 Å². The Bertz CT molecular complexity index is 731. The molecule has 0 atom stereocenters. The summed E-state index contributed by atoms with van der Waals surface area (Å²) in [5.41, 5.74) is 0.289. The average molecular weight is 316 g/mol. The molecule has 0 spiro atoms. The Morgan fingerprint density at radius 2 is 1.76 bits per heavy atom. The fraction of sp³-hybridized carbons (Fsp3) is 0.154. The van der Waals surface area contributed by atoms with E-state index in [9.17, 15) is 21.6 Å². The second-order valence-electron chi connectivity index (χ2n) is 4.22. The Balaban J connectivity index is 2.04. The molecule has 4 nitrogen and oxygen atoms in total. The van der Waals surface area contributed by atoms with Crippen molar-refractivity contribution in [2.24, 2.45) is 0 Å². The molecule has 112 valence electrons. The molecule has 21 heavy (non-hydrogen) atoms. The summed E-state index contributed by atoms with van der Waals surface area (Å²) in [6, 6.07) is 5.15. The maximum absolute atomic E-state index is 13.4. The monoisotopic (exact) mass is 316 g/mol. The summed E-state index contributed by atoms with van der Waals surface area (Å²) in [5.74, 6) is -2.46.